The highest BCUT2D eigenvalue weighted by Crippen LogP contribution is 2.33. The number of aromatic nitrogens is 2. The fourth-order valence-electron chi connectivity index (χ4n) is 2.86. The van der Waals surface area contributed by atoms with E-state index in [1.54, 1.807) is 9.30 Å². The predicted molar refractivity (Wildman–Crippen MR) is 95.8 cm³/mol. The van der Waals surface area contributed by atoms with E-state index in [0.29, 0.717) is 24.5 Å². The van der Waals surface area contributed by atoms with Gasteiger partial charge in [-0.1, -0.05) is 17.7 Å². The zero-order valence-electron chi connectivity index (χ0n) is 13.8. The Morgan fingerprint density at radius 3 is 3.00 bits per heavy atom. The second-order valence-electron chi connectivity index (χ2n) is 5.75. The molecule has 0 N–H and O–H groups in total. The largest absolute Gasteiger partial charge is 0.454 e. The number of nitrogens with zero attached hydrogens (tertiary/aromatic N) is 3. The van der Waals surface area contributed by atoms with Gasteiger partial charge < -0.3 is 14.4 Å². The van der Waals surface area contributed by atoms with E-state index in [0.717, 1.165) is 21.2 Å². The molecule has 3 aromatic rings. The van der Waals surface area contributed by atoms with Gasteiger partial charge in [0.05, 0.1) is 0 Å². The Hall–Kier alpha value is -2.25. The third-order valence-electron chi connectivity index (χ3n) is 4.08. The number of amides is 1. The Balaban J connectivity index is 1.63. The van der Waals surface area contributed by atoms with E-state index in [2.05, 4.69) is 4.98 Å². The Morgan fingerprint density at radius 1 is 1.40 bits per heavy atom. The van der Waals surface area contributed by atoms with Crippen molar-refractivity contribution in [3.8, 4) is 11.5 Å². The van der Waals surface area contributed by atoms with Crippen LogP contribution in [0.2, 0.25) is 5.15 Å². The van der Waals surface area contributed by atoms with Crippen LogP contribution in [0.1, 0.15) is 27.9 Å². The molecular formula is C17H16ClN3O3S. The standard InChI is InChI=1S/C17H16ClN3O3S/c1-3-20(8-11-4-5-12-13(6-11)24-9-23-12)16(22)14-15(18)19-17-21(14)7-10(2)25-17/h4-7H,3,8-9H2,1-2H3. The number of rotatable bonds is 4. The molecule has 0 radical (unpaired) electrons. The van der Waals surface area contributed by atoms with E-state index in [4.69, 9.17) is 21.1 Å². The topological polar surface area (TPSA) is 56.1 Å². The van der Waals surface area contributed by atoms with Gasteiger partial charge in [-0.25, -0.2) is 4.98 Å². The molecule has 0 saturated carbocycles. The molecule has 4 rings (SSSR count). The van der Waals surface area contributed by atoms with Crippen molar-refractivity contribution in [2.24, 2.45) is 0 Å². The summed E-state index contributed by atoms with van der Waals surface area (Å²) in [4.78, 5) is 20.9. The van der Waals surface area contributed by atoms with Crippen molar-refractivity contribution >= 4 is 33.8 Å². The number of hydrogen-bond acceptors (Lipinski definition) is 5. The first kappa shape index (κ1) is 16.2. The third-order valence-corrected chi connectivity index (χ3v) is 5.24. The van der Waals surface area contributed by atoms with Gasteiger partial charge in [-0.2, -0.15) is 0 Å². The minimum Gasteiger partial charge on any atom is -0.454 e. The molecule has 8 heteroatoms. The summed E-state index contributed by atoms with van der Waals surface area (Å²) in [5, 5.41) is 0.236. The summed E-state index contributed by atoms with van der Waals surface area (Å²) in [6.07, 6.45) is 1.89. The third kappa shape index (κ3) is 2.83. The predicted octanol–water partition coefficient (Wildman–Crippen LogP) is 3.75. The fourth-order valence-corrected chi connectivity index (χ4v) is 3.99. The second-order valence-corrected chi connectivity index (χ2v) is 7.32. The van der Waals surface area contributed by atoms with E-state index in [-0.39, 0.29) is 17.9 Å². The number of halogens is 1. The lowest BCUT2D eigenvalue weighted by molar-refractivity contribution is 0.0745. The molecule has 1 aliphatic rings. The monoisotopic (exact) mass is 377 g/mol. The number of thiazole rings is 1. The summed E-state index contributed by atoms with van der Waals surface area (Å²) >= 11 is 7.74. The molecule has 130 valence electrons. The summed E-state index contributed by atoms with van der Waals surface area (Å²) in [6.45, 7) is 5.16. The summed E-state index contributed by atoms with van der Waals surface area (Å²) in [6, 6.07) is 5.70. The highest BCUT2D eigenvalue weighted by Gasteiger charge is 2.24. The fraction of sp³-hybridized carbons (Fsp3) is 0.294. The average molecular weight is 378 g/mol. The number of fused-ring (bicyclic) bond motifs is 2. The summed E-state index contributed by atoms with van der Waals surface area (Å²) in [5.74, 6) is 1.29. The molecule has 0 saturated heterocycles. The molecule has 2 aromatic heterocycles. The Kier molecular flexibility index (Phi) is 4.05. The average Bonchev–Trinajstić information content (AvgIpc) is 3.25. The van der Waals surface area contributed by atoms with Crippen LogP contribution in [0.15, 0.2) is 24.4 Å². The highest BCUT2D eigenvalue weighted by molar-refractivity contribution is 7.17. The van der Waals surface area contributed by atoms with Gasteiger partial charge in [0.2, 0.25) is 6.79 Å². The summed E-state index contributed by atoms with van der Waals surface area (Å²) < 4.78 is 12.5. The van der Waals surface area contributed by atoms with Crippen molar-refractivity contribution < 1.29 is 14.3 Å². The summed E-state index contributed by atoms with van der Waals surface area (Å²) in [7, 11) is 0. The van der Waals surface area contributed by atoms with E-state index in [1.807, 2.05) is 38.2 Å². The van der Waals surface area contributed by atoms with Crippen LogP contribution in [0.4, 0.5) is 0 Å². The minimum absolute atomic E-state index is 0.143. The van der Waals surface area contributed by atoms with E-state index in [9.17, 15) is 4.79 Å². The van der Waals surface area contributed by atoms with Crippen LogP contribution in [0.25, 0.3) is 4.96 Å². The van der Waals surface area contributed by atoms with Gasteiger partial charge in [0, 0.05) is 24.2 Å². The number of carbonyl (C=O) groups is 1. The SMILES string of the molecule is CCN(Cc1ccc2c(c1)OCO2)C(=O)c1c(Cl)nc2sc(C)cn12. The Bertz CT molecular complexity index is 966. The van der Waals surface area contributed by atoms with Crippen molar-refractivity contribution in [2.75, 3.05) is 13.3 Å². The highest BCUT2D eigenvalue weighted by atomic mass is 35.5. The summed E-state index contributed by atoms with van der Waals surface area (Å²) in [5.41, 5.74) is 1.38. The molecule has 25 heavy (non-hydrogen) atoms. The molecule has 6 nitrogen and oxygen atoms in total. The number of ether oxygens (including phenoxy) is 2. The molecule has 1 amide bonds. The smallest absolute Gasteiger partial charge is 0.274 e. The number of carbonyl (C=O) groups excluding carboxylic acids is 1. The lowest BCUT2D eigenvalue weighted by Crippen LogP contribution is -2.31. The van der Waals surface area contributed by atoms with E-state index in [1.165, 1.54) is 11.3 Å². The second kappa shape index (κ2) is 6.24. The maximum Gasteiger partial charge on any atom is 0.274 e. The van der Waals surface area contributed by atoms with Crippen molar-refractivity contribution in [3.05, 3.63) is 45.7 Å². The van der Waals surface area contributed by atoms with Gasteiger partial charge in [-0.15, -0.1) is 11.3 Å². The van der Waals surface area contributed by atoms with Gasteiger partial charge in [0.1, 0.15) is 0 Å². The molecule has 0 atom stereocenters. The van der Waals surface area contributed by atoms with Gasteiger partial charge in [-0.05, 0) is 31.5 Å². The number of benzene rings is 1. The minimum atomic E-state index is -0.143. The molecule has 3 heterocycles. The van der Waals surface area contributed by atoms with Crippen LogP contribution in [-0.4, -0.2) is 33.5 Å². The number of imidazole rings is 1. The van der Waals surface area contributed by atoms with Crippen LogP contribution >= 0.6 is 22.9 Å². The quantitative estimate of drug-likeness (QED) is 0.694. The van der Waals surface area contributed by atoms with E-state index >= 15 is 0 Å². The van der Waals surface area contributed by atoms with Crippen LogP contribution in [0, 0.1) is 6.92 Å². The zero-order chi connectivity index (χ0) is 17.6. The molecule has 0 fully saturated rings. The van der Waals surface area contributed by atoms with Crippen molar-refractivity contribution in [3.63, 3.8) is 0 Å². The first-order valence-electron chi connectivity index (χ1n) is 7.88. The lowest BCUT2D eigenvalue weighted by Gasteiger charge is -2.21. The van der Waals surface area contributed by atoms with Crippen molar-refractivity contribution in [2.45, 2.75) is 20.4 Å². The van der Waals surface area contributed by atoms with Crippen molar-refractivity contribution in [1.82, 2.24) is 14.3 Å². The molecular weight excluding hydrogens is 362 g/mol. The van der Waals surface area contributed by atoms with Gasteiger partial charge in [0.15, 0.2) is 27.3 Å². The molecule has 0 unspecified atom stereocenters. The maximum absolute atomic E-state index is 13.0. The molecule has 1 aromatic carbocycles. The number of aryl methyl sites for hydroxylation is 1. The normalized spacial score (nSPS) is 12.8. The van der Waals surface area contributed by atoms with Crippen LogP contribution in [0.3, 0.4) is 0 Å². The maximum atomic E-state index is 13.0. The zero-order valence-corrected chi connectivity index (χ0v) is 15.4. The first-order valence-corrected chi connectivity index (χ1v) is 9.08. The molecule has 0 spiro atoms. The first-order chi connectivity index (χ1) is 12.1. The van der Waals surface area contributed by atoms with Crippen LogP contribution in [0.5, 0.6) is 11.5 Å². The van der Waals surface area contributed by atoms with Crippen molar-refractivity contribution in [1.29, 1.82) is 0 Å². The van der Waals surface area contributed by atoms with Crippen LogP contribution < -0.4 is 9.47 Å². The lowest BCUT2D eigenvalue weighted by atomic mass is 10.2. The van der Waals surface area contributed by atoms with Gasteiger partial charge in [-0.3, -0.25) is 9.20 Å². The van der Waals surface area contributed by atoms with Crippen LogP contribution in [-0.2, 0) is 6.54 Å². The van der Waals surface area contributed by atoms with Gasteiger partial charge in [0.25, 0.3) is 5.91 Å². The van der Waals surface area contributed by atoms with E-state index < -0.39 is 0 Å². The molecule has 1 aliphatic heterocycles. The van der Waals surface area contributed by atoms with Gasteiger partial charge >= 0.3 is 0 Å². The Morgan fingerprint density at radius 2 is 2.20 bits per heavy atom. The number of hydrogen-bond donors (Lipinski definition) is 0. The molecule has 0 bridgehead atoms. The molecule has 0 aliphatic carbocycles. The Labute approximate surface area is 153 Å².